The highest BCUT2D eigenvalue weighted by Gasteiger charge is 2.03. The lowest BCUT2D eigenvalue weighted by Gasteiger charge is -1.99. The second-order valence-corrected chi connectivity index (χ2v) is 3.22. The molecule has 0 aliphatic heterocycles. The number of fused-ring (bicyclic) bond motifs is 1. The zero-order valence-electron chi connectivity index (χ0n) is 8.03. The van der Waals surface area contributed by atoms with Crippen LogP contribution in [-0.2, 0) is 6.54 Å². The summed E-state index contributed by atoms with van der Waals surface area (Å²) in [6, 6.07) is 5.65. The number of halogens is 2. The predicted molar refractivity (Wildman–Crippen MR) is 52.9 cm³/mol. The molecule has 0 saturated heterocycles. The Kier molecular flexibility index (Phi) is 2.91. The van der Waals surface area contributed by atoms with Crippen molar-refractivity contribution in [2.45, 2.75) is 13.0 Å². The highest BCUT2D eigenvalue weighted by molar-refractivity contribution is 5.39. The normalized spacial score (nSPS) is 11.4. The number of rotatable bonds is 4. The monoisotopic (exact) mass is 211 g/mol. The van der Waals surface area contributed by atoms with Gasteiger partial charge in [0, 0.05) is 18.9 Å². The molecule has 1 N–H and O–H groups in total. The first-order chi connectivity index (χ1) is 7.25. The number of nitrogens with one attached hydrogen (secondary N) is 1. The van der Waals surface area contributed by atoms with Crippen molar-refractivity contribution in [3.8, 4) is 0 Å². The van der Waals surface area contributed by atoms with Crippen LogP contribution < -0.4 is 5.32 Å². The molecule has 0 aliphatic rings. The van der Waals surface area contributed by atoms with Crippen molar-refractivity contribution in [3.63, 3.8) is 0 Å². The first kappa shape index (κ1) is 10.0. The smallest absolute Gasteiger partial charge is 0.250 e. The van der Waals surface area contributed by atoms with Crippen LogP contribution in [0.4, 0.5) is 8.78 Å². The van der Waals surface area contributed by atoms with Gasteiger partial charge in [-0.25, -0.2) is 13.8 Å². The maximum atomic E-state index is 11.9. The molecule has 0 spiro atoms. The van der Waals surface area contributed by atoms with Gasteiger partial charge in [-0.3, -0.25) is 0 Å². The van der Waals surface area contributed by atoms with Crippen LogP contribution in [0.25, 0.3) is 5.65 Å². The lowest BCUT2D eigenvalue weighted by atomic mass is 10.4. The fourth-order valence-corrected chi connectivity index (χ4v) is 1.38. The van der Waals surface area contributed by atoms with Gasteiger partial charge in [0.05, 0.1) is 12.2 Å². The molecule has 3 nitrogen and oxygen atoms in total. The summed E-state index contributed by atoms with van der Waals surface area (Å²) in [5.41, 5.74) is 1.59. The number of pyridine rings is 1. The fraction of sp³-hybridized carbons (Fsp3) is 0.300. The Labute approximate surface area is 85.7 Å². The molecule has 0 aromatic carbocycles. The van der Waals surface area contributed by atoms with Gasteiger partial charge in [0.1, 0.15) is 5.65 Å². The van der Waals surface area contributed by atoms with E-state index in [-0.39, 0.29) is 6.54 Å². The minimum absolute atomic E-state index is 0.298. The predicted octanol–water partition coefficient (Wildman–Crippen LogP) is 1.69. The second kappa shape index (κ2) is 4.35. The highest BCUT2D eigenvalue weighted by atomic mass is 19.3. The number of hydrogen-bond donors (Lipinski definition) is 1. The molecule has 0 atom stereocenters. The molecule has 15 heavy (non-hydrogen) atoms. The van der Waals surface area contributed by atoms with Crippen LogP contribution in [0.3, 0.4) is 0 Å². The molecule has 0 amide bonds. The van der Waals surface area contributed by atoms with E-state index in [1.54, 1.807) is 0 Å². The molecule has 0 bridgehead atoms. The van der Waals surface area contributed by atoms with Gasteiger partial charge < -0.3 is 9.72 Å². The van der Waals surface area contributed by atoms with Gasteiger partial charge in [-0.05, 0) is 12.1 Å². The quantitative estimate of drug-likeness (QED) is 0.833. The molecule has 0 radical (unpaired) electrons. The Morgan fingerprint density at radius 2 is 2.27 bits per heavy atom. The zero-order valence-corrected chi connectivity index (χ0v) is 8.03. The third-order valence-corrected chi connectivity index (χ3v) is 2.02. The number of imidazole rings is 1. The molecule has 80 valence electrons. The molecule has 0 fully saturated rings. The second-order valence-electron chi connectivity index (χ2n) is 3.22. The van der Waals surface area contributed by atoms with Crippen LogP contribution in [0.2, 0.25) is 0 Å². The standard InChI is InChI=1S/C10H11F2N3/c11-9(12)6-13-5-8-7-15-4-2-1-3-10(15)14-8/h1-4,7,9,13H,5-6H2. The lowest BCUT2D eigenvalue weighted by molar-refractivity contribution is 0.145. The van der Waals surface area contributed by atoms with Crippen LogP contribution >= 0.6 is 0 Å². The van der Waals surface area contributed by atoms with Crippen LogP contribution in [0.15, 0.2) is 30.6 Å². The molecule has 0 saturated carbocycles. The molecule has 0 unspecified atom stereocenters. The minimum Gasteiger partial charge on any atom is -0.307 e. The average molecular weight is 211 g/mol. The van der Waals surface area contributed by atoms with Crippen LogP contribution in [0.1, 0.15) is 5.69 Å². The Bertz CT molecular complexity index is 406. The summed E-state index contributed by atoms with van der Waals surface area (Å²) in [5, 5.41) is 2.64. The van der Waals surface area contributed by atoms with E-state index in [2.05, 4.69) is 10.3 Å². The van der Waals surface area contributed by atoms with Gasteiger partial charge in [0.15, 0.2) is 0 Å². The van der Waals surface area contributed by atoms with E-state index in [1.807, 2.05) is 35.0 Å². The van der Waals surface area contributed by atoms with Gasteiger partial charge in [-0.2, -0.15) is 0 Å². The summed E-state index contributed by atoms with van der Waals surface area (Å²) < 4.78 is 25.6. The van der Waals surface area contributed by atoms with Crippen molar-refractivity contribution in [1.82, 2.24) is 14.7 Å². The molecule has 2 heterocycles. The van der Waals surface area contributed by atoms with E-state index in [0.717, 1.165) is 11.3 Å². The van der Waals surface area contributed by atoms with Crippen molar-refractivity contribution in [2.75, 3.05) is 6.54 Å². The summed E-state index contributed by atoms with van der Waals surface area (Å²) in [4.78, 5) is 4.27. The Hall–Kier alpha value is -1.49. The van der Waals surface area contributed by atoms with Crippen LogP contribution in [0, 0.1) is 0 Å². The Morgan fingerprint density at radius 1 is 1.40 bits per heavy atom. The van der Waals surface area contributed by atoms with Crippen molar-refractivity contribution in [3.05, 3.63) is 36.3 Å². The Morgan fingerprint density at radius 3 is 3.00 bits per heavy atom. The highest BCUT2D eigenvalue weighted by Crippen LogP contribution is 2.04. The SMILES string of the molecule is FC(F)CNCc1cn2ccccc2n1. The van der Waals surface area contributed by atoms with E-state index in [0.29, 0.717) is 6.54 Å². The topological polar surface area (TPSA) is 29.3 Å². The van der Waals surface area contributed by atoms with E-state index >= 15 is 0 Å². The number of hydrogen-bond acceptors (Lipinski definition) is 2. The third kappa shape index (κ3) is 2.50. The maximum Gasteiger partial charge on any atom is 0.250 e. The van der Waals surface area contributed by atoms with Crippen molar-refractivity contribution in [2.24, 2.45) is 0 Å². The average Bonchev–Trinajstić information content (AvgIpc) is 2.59. The Balaban J connectivity index is 2.03. The van der Waals surface area contributed by atoms with Gasteiger partial charge in [0.25, 0.3) is 6.43 Å². The van der Waals surface area contributed by atoms with Crippen molar-refractivity contribution >= 4 is 5.65 Å². The molecule has 2 rings (SSSR count). The van der Waals surface area contributed by atoms with E-state index in [1.165, 1.54) is 0 Å². The van der Waals surface area contributed by atoms with Gasteiger partial charge >= 0.3 is 0 Å². The van der Waals surface area contributed by atoms with E-state index < -0.39 is 6.43 Å². The maximum absolute atomic E-state index is 11.9. The molecule has 2 aromatic heterocycles. The fourth-order valence-electron chi connectivity index (χ4n) is 1.38. The number of aromatic nitrogens is 2. The van der Waals surface area contributed by atoms with Crippen LogP contribution in [-0.4, -0.2) is 22.4 Å². The van der Waals surface area contributed by atoms with Crippen LogP contribution in [0.5, 0.6) is 0 Å². The number of alkyl halides is 2. The van der Waals surface area contributed by atoms with Gasteiger partial charge in [-0.1, -0.05) is 6.07 Å². The summed E-state index contributed by atoms with van der Waals surface area (Å²) in [5.74, 6) is 0. The van der Waals surface area contributed by atoms with Gasteiger partial charge in [-0.15, -0.1) is 0 Å². The summed E-state index contributed by atoms with van der Waals surface area (Å²) in [7, 11) is 0. The number of nitrogens with zero attached hydrogens (tertiary/aromatic N) is 2. The van der Waals surface area contributed by atoms with E-state index in [9.17, 15) is 8.78 Å². The lowest BCUT2D eigenvalue weighted by Crippen LogP contribution is -2.20. The first-order valence-electron chi connectivity index (χ1n) is 4.67. The first-order valence-corrected chi connectivity index (χ1v) is 4.67. The summed E-state index contributed by atoms with van der Waals surface area (Å²) in [6.07, 6.45) is 1.38. The van der Waals surface area contributed by atoms with Crippen molar-refractivity contribution in [1.29, 1.82) is 0 Å². The minimum atomic E-state index is -2.32. The largest absolute Gasteiger partial charge is 0.307 e. The van der Waals surface area contributed by atoms with Crippen molar-refractivity contribution < 1.29 is 8.78 Å². The summed E-state index contributed by atoms with van der Waals surface area (Å²) in [6.45, 7) is 0.0693. The summed E-state index contributed by atoms with van der Waals surface area (Å²) >= 11 is 0. The molecular formula is C10H11F2N3. The zero-order chi connectivity index (χ0) is 10.7. The molecule has 2 aromatic rings. The molecular weight excluding hydrogens is 200 g/mol. The third-order valence-electron chi connectivity index (χ3n) is 2.02. The molecule has 0 aliphatic carbocycles. The molecule has 5 heteroatoms. The van der Waals surface area contributed by atoms with Gasteiger partial charge in [0.2, 0.25) is 0 Å². The van der Waals surface area contributed by atoms with E-state index in [4.69, 9.17) is 0 Å².